The lowest BCUT2D eigenvalue weighted by Gasteiger charge is -2.22. The molecule has 0 fully saturated rings. The van der Waals surface area contributed by atoms with Crippen LogP contribution in [0.2, 0.25) is 0 Å². The number of benzene rings is 6. The normalized spacial score (nSPS) is 13.5. The molecule has 0 nitrogen and oxygen atoms in total. The van der Waals surface area contributed by atoms with Gasteiger partial charge >= 0.3 is 0 Å². The van der Waals surface area contributed by atoms with E-state index in [1.54, 1.807) is 0 Å². The van der Waals surface area contributed by atoms with Gasteiger partial charge in [-0.2, -0.15) is 0 Å². The summed E-state index contributed by atoms with van der Waals surface area (Å²) in [6, 6.07) is 48.6. The quantitative estimate of drug-likeness (QED) is 0.212. The first kappa shape index (κ1) is 23.4. The molecule has 1 aliphatic carbocycles. The van der Waals surface area contributed by atoms with E-state index in [-0.39, 0.29) is 5.41 Å². The highest BCUT2D eigenvalue weighted by Gasteiger charge is 2.35. The minimum absolute atomic E-state index is 0.0476. The Hall–Kier alpha value is -4.68. The Kier molecular flexibility index (Phi) is 5.56. The van der Waals surface area contributed by atoms with Crippen LogP contribution in [-0.2, 0) is 5.41 Å². The van der Waals surface area contributed by atoms with Crippen molar-refractivity contribution in [2.45, 2.75) is 19.3 Å². The highest BCUT2D eigenvalue weighted by atomic mass is 14.4. The average molecular weight is 499 g/mol. The monoisotopic (exact) mass is 498 g/mol. The molecule has 0 heterocycles. The van der Waals surface area contributed by atoms with Crippen molar-refractivity contribution < 1.29 is 0 Å². The molecule has 1 aliphatic rings. The van der Waals surface area contributed by atoms with Crippen molar-refractivity contribution >= 4 is 22.9 Å². The van der Waals surface area contributed by atoms with Gasteiger partial charge in [0.15, 0.2) is 0 Å². The van der Waals surface area contributed by atoms with E-state index in [1.807, 2.05) is 0 Å². The molecule has 0 heteroatoms. The van der Waals surface area contributed by atoms with Crippen LogP contribution in [0.1, 0.15) is 36.1 Å². The minimum Gasteiger partial charge on any atom is -0.0622 e. The number of fused-ring (bicyclic) bond motifs is 4. The first-order valence-corrected chi connectivity index (χ1v) is 13.7. The summed E-state index contributed by atoms with van der Waals surface area (Å²) in [6.45, 7) is 4.72. The van der Waals surface area contributed by atoms with E-state index in [0.29, 0.717) is 0 Å². The lowest BCUT2D eigenvalue weighted by molar-refractivity contribution is 0.661. The highest BCUT2D eigenvalue weighted by Crippen LogP contribution is 2.50. The Morgan fingerprint density at radius 3 is 1.59 bits per heavy atom. The first-order chi connectivity index (χ1) is 19.1. The molecule has 0 radical (unpaired) electrons. The van der Waals surface area contributed by atoms with Gasteiger partial charge in [0.2, 0.25) is 0 Å². The van der Waals surface area contributed by atoms with Gasteiger partial charge in [0.1, 0.15) is 0 Å². The van der Waals surface area contributed by atoms with Crippen molar-refractivity contribution in [1.29, 1.82) is 0 Å². The summed E-state index contributed by atoms with van der Waals surface area (Å²) in [4.78, 5) is 0. The van der Waals surface area contributed by atoms with E-state index < -0.39 is 0 Å². The Labute approximate surface area is 230 Å². The third-order valence-electron chi connectivity index (χ3n) is 8.27. The summed E-state index contributed by atoms with van der Waals surface area (Å²) in [5, 5.41) is 2.55. The van der Waals surface area contributed by atoms with Gasteiger partial charge in [-0.05, 0) is 84.6 Å². The van der Waals surface area contributed by atoms with E-state index in [4.69, 9.17) is 0 Å². The fourth-order valence-electron chi connectivity index (χ4n) is 6.02. The third-order valence-corrected chi connectivity index (χ3v) is 8.27. The van der Waals surface area contributed by atoms with Crippen LogP contribution < -0.4 is 0 Å². The van der Waals surface area contributed by atoms with Crippen molar-refractivity contribution in [2.75, 3.05) is 0 Å². The van der Waals surface area contributed by atoms with E-state index in [9.17, 15) is 0 Å². The zero-order valence-electron chi connectivity index (χ0n) is 22.4. The smallest absolute Gasteiger partial charge is 0.0159 e. The van der Waals surface area contributed by atoms with Gasteiger partial charge in [0.25, 0.3) is 0 Å². The average Bonchev–Trinajstić information content (AvgIpc) is 3.22. The number of rotatable bonds is 4. The minimum atomic E-state index is -0.0476. The Balaban J connectivity index is 1.16. The standard InChI is InChI=1S/C39H30/c1-39(2)37-25-33(29-8-4-3-5-9-29)20-22-35(37)36-23-21-34(26-38(36)39)31-17-14-27(15-18-31)12-13-28-16-19-30-10-6-7-11-32(30)24-28/h3-26H,1-2H3/b13-12+. The van der Waals surface area contributed by atoms with Crippen LogP contribution in [0.25, 0.3) is 56.3 Å². The van der Waals surface area contributed by atoms with Crippen LogP contribution in [0.3, 0.4) is 0 Å². The predicted octanol–water partition coefficient (Wildman–Crippen LogP) is 10.7. The van der Waals surface area contributed by atoms with E-state index in [2.05, 4.69) is 159 Å². The van der Waals surface area contributed by atoms with Gasteiger partial charge in [0.05, 0.1) is 0 Å². The van der Waals surface area contributed by atoms with Crippen LogP contribution in [0.5, 0.6) is 0 Å². The number of hydrogen-bond acceptors (Lipinski definition) is 0. The lowest BCUT2D eigenvalue weighted by atomic mass is 9.81. The summed E-state index contributed by atoms with van der Waals surface area (Å²) in [6.07, 6.45) is 4.39. The SMILES string of the molecule is CC1(C)c2cc(-c3ccccc3)ccc2-c2ccc(-c3ccc(/C=C/c4ccc5ccccc5c4)cc3)cc21. The summed E-state index contributed by atoms with van der Waals surface area (Å²) in [5.74, 6) is 0. The molecule has 0 bridgehead atoms. The van der Waals surface area contributed by atoms with Crippen molar-refractivity contribution in [3.8, 4) is 33.4 Å². The predicted molar refractivity (Wildman–Crippen MR) is 168 cm³/mol. The molecule has 6 aromatic carbocycles. The molecule has 0 atom stereocenters. The third kappa shape index (κ3) is 4.19. The molecule has 0 aliphatic heterocycles. The molecule has 0 saturated carbocycles. The molecule has 39 heavy (non-hydrogen) atoms. The second-order valence-corrected chi connectivity index (χ2v) is 11.1. The van der Waals surface area contributed by atoms with Gasteiger partial charge in [-0.3, -0.25) is 0 Å². The molecule has 0 unspecified atom stereocenters. The summed E-state index contributed by atoms with van der Waals surface area (Å²) in [5.41, 5.74) is 13.0. The van der Waals surface area contributed by atoms with Crippen LogP contribution in [0.4, 0.5) is 0 Å². The zero-order chi connectivity index (χ0) is 26.4. The molecule has 0 aromatic heterocycles. The second-order valence-electron chi connectivity index (χ2n) is 11.1. The molecule has 186 valence electrons. The molecule has 0 N–H and O–H groups in total. The van der Waals surface area contributed by atoms with Crippen LogP contribution in [-0.4, -0.2) is 0 Å². The summed E-state index contributed by atoms with van der Waals surface area (Å²) in [7, 11) is 0. The van der Waals surface area contributed by atoms with E-state index in [1.165, 1.54) is 66.4 Å². The van der Waals surface area contributed by atoms with Gasteiger partial charge in [0, 0.05) is 5.41 Å². The first-order valence-electron chi connectivity index (χ1n) is 13.7. The van der Waals surface area contributed by atoms with Crippen molar-refractivity contribution in [2.24, 2.45) is 0 Å². The number of hydrogen-bond donors (Lipinski definition) is 0. The van der Waals surface area contributed by atoms with Crippen molar-refractivity contribution in [1.82, 2.24) is 0 Å². The zero-order valence-corrected chi connectivity index (χ0v) is 22.4. The van der Waals surface area contributed by atoms with Crippen molar-refractivity contribution in [3.63, 3.8) is 0 Å². The summed E-state index contributed by atoms with van der Waals surface area (Å²) >= 11 is 0. The fourth-order valence-corrected chi connectivity index (χ4v) is 6.02. The molecule has 7 rings (SSSR count). The van der Waals surface area contributed by atoms with E-state index in [0.717, 1.165) is 0 Å². The van der Waals surface area contributed by atoms with Crippen LogP contribution in [0.15, 0.2) is 133 Å². The largest absolute Gasteiger partial charge is 0.0622 e. The van der Waals surface area contributed by atoms with Gasteiger partial charge in [-0.1, -0.05) is 141 Å². The Morgan fingerprint density at radius 1 is 0.410 bits per heavy atom. The van der Waals surface area contributed by atoms with E-state index >= 15 is 0 Å². The van der Waals surface area contributed by atoms with Crippen LogP contribution in [0, 0.1) is 0 Å². The Morgan fingerprint density at radius 2 is 0.923 bits per heavy atom. The topological polar surface area (TPSA) is 0 Å². The van der Waals surface area contributed by atoms with Gasteiger partial charge in [-0.25, -0.2) is 0 Å². The summed E-state index contributed by atoms with van der Waals surface area (Å²) < 4.78 is 0. The van der Waals surface area contributed by atoms with Gasteiger partial charge in [-0.15, -0.1) is 0 Å². The maximum atomic E-state index is 2.40. The second kappa shape index (κ2) is 9.26. The van der Waals surface area contributed by atoms with Crippen LogP contribution >= 0.6 is 0 Å². The molecule has 6 aromatic rings. The fraction of sp³-hybridized carbons (Fsp3) is 0.0769. The molecule has 0 amide bonds. The Bertz CT molecular complexity index is 1850. The van der Waals surface area contributed by atoms with Gasteiger partial charge < -0.3 is 0 Å². The maximum absolute atomic E-state index is 2.40. The lowest BCUT2D eigenvalue weighted by Crippen LogP contribution is -2.15. The molecule has 0 spiro atoms. The molecule has 0 saturated heterocycles. The molecular weight excluding hydrogens is 468 g/mol. The highest BCUT2D eigenvalue weighted by molar-refractivity contribution is 5.87. The van der Waals surface area contributed by atoms with Crippen molar-refractivity contribution in [3.05, 3.63) is 156 Å². The maximum Gasteiger partial charge on any atom is 0.0159 e. The molecular formula is C39H30.